The minimum Gasteiger partial charge on any atom is -0.370 e. The van der Waals surface area contributed by atoms with Crippen molar-refractivity contribution >= 4 is 35.8 Å². The number of hydrogen-bond donors (Lipinski definition) is 1. The molecule has 0 spiro atoms. The molecular formula is C18H29IN4O2. The number of nitrogens with one attached hydrogen (secondary N) is 1. The van der Waals surface area contributed by atoms with Gasteiger partial charge in [0.2, 0.25) is 5.91 Å². The number of morpholine rings is 1. The molecule has 0 radical (unpaired) electrons. The van der Waals surface area contributed by atoms with Crippen molar-refractivity contribution < 1.29 is 9.53 Å². The van der Waals surface area contributed by atoms with Crippen LogP contribution in [0.15, 0.2) is 29.3 Å². The Morgan fingerprint density at radius 3 is 2.76 bits per heavy atom. The number of aliphatic imine (C=N–C) groups is 1. The van der Waals surface area contributed by atoms with E-state index in [1.54, 1.807) is 26.0 Å². The number of amides is 1. The lowest BCUT2D eigenvalue weighted by molar-refractivity contribution is -0.128. The third-order valence-electron chi connectivity index (χ3n) is 4.23. The van der Waals surface area contributed by atoms with E-state index in [0.717, 1.165) is 19.0 Å². The summed E-state index contributed by atoms with van der Waals surface area (Å²) in [4.78, 5) is 19.8. The first-order valence-electron chi connectivity index (χ1n) is 8.35. The Hall–Kier alpha value is -1.35. The maximum absolute atomic E-state index is 11.7. The molecule has 140 valence electrons. The molecule has 2 rings (SSSR count). The quantitative estimate of drug-likeness (QED) is 0.425. The van der Waals surface area contributed by atoms with Crippen LogP contribution in [0.4, 0.5) is 0 Å². The van der Waals surface area contributed by atoms with E-state index in [0.29, 0.717) is 19.6 Å². The van der Waals surface area contributed by atoms with Crippen molar-refractivity contribution in [3.8, 4) is 0 Å². The van der Waals surface area contributed by atoms with Gasteiger partial charge in [-0.2, -0.15) is 0 Å². The van der Waals surface area contributed by atoms with Crippen molar-refractivity contribution in [2.45, 2.75) is 19.4 Å². The minimum atomic E-state index is 0. The third kappa shape index (κ3) is 6.14. The van der Waals surface area contributed by atoms with Gasteiger partial charge in [0.05, 0.1) is 13.2 Å². The summed E-state index contributed by atoms with van der Waals surface area (Å²) >= 11 is 0. The van der Waals surface area contributed by atoms with Gasteiger partial charge in [-0.05, 0) is 18.1 Å². The van der Waals surface area contributed by atoms with E-state index in [1.165, 1.54) is 11.1 Å². The molecule has 25 heavy (non-hydrogen) atoms. The molecule has 0 bridgehead atoms. The second-order valence-electron chi connectivity index (χ2n) is 6.17. The number of benzene rings is 1. The highest BCUT2D eigenvalue weighted by Crippen LogP contribution is 2.24. The normalized spacial score (nSPS) is 17.7. The fraction of sp³-hybridized carbons (Fsp3) is 0.556. The van der Waals surface area contributed by atoms with Crippen LogP contribution in [0.5, 0.6) is 0 Å². The van der Waals surface area contributed by atoms with Crippen LogP contribution in [0, 0.1) is 6.92 Å². The highest BCUT2D eigenvalue weighted by Gasteiger charge is 2.25. The van der Waals surface area contributed by atoms with Gasteiger partial charge in [-0.25, -0.2) is 0 Å². The Bertz CT molecular complexity index is 592. The lowest BCUT2D eigenvalue weighted by atomic mass is 10.0. The molecule has 1 atom stereocenters. The van der Waals surface area contributed by atoms with Crippen LogP contribution >= 0.6 is 24.0 Å². The van der Waals surface area contributed by atoms with Crippen molar-refractivity contribution in [1.29, 1.82) is 0 Å². The molecular weight excluding hydrogens is 431 g/mol. The second-order valence-corrected chi connectivity index (χ2v) is 6.17. The van der Waals surface area contributed by atoms with E-state index >= 15 is 0 Å². The molecule has 7 heteroatoms. The van der Waals surface area contributed by atoms with Crippen molar-refractivity contribution in [3.63, 3.8) is 0 Å². The van der Waals surface area contributed by atoms with Crippen LogP contribution in [-0.4, -0.2) is 69.1 Å². The molecule has 0 aromatic heterocycles. The second kappa shape index (κ2) is 10.6. The van der Waals surface area contributed by atoms with E-state index in [2.05, 4.69) is 34.3 Å². The van der Waals surface area contributed by atoms with Gasteiger partial charge in [0, 0.05) is 40.7 Å². The lowest BCUT2D eigenvalue weighted by Crippen LogP contribution is -2.48. The molecule has 1 aromatic carbocycles. The van der Waals surface area contributed by atoms with Crippen LogP contribution in [0.1, 0.15) is 23.7 Å². The summed E-state index contributed by atoms with van der Waals surface area (Å²) in [6.07, 6.45) is 0.499. The van der Waals surface area contributed by atoms with Gasteiger partial charge < -0.3 is 19.9 Å². The van der Waals surface area contributed by atoms with Crippen molar-refractivity contribution in [2.24, 2.45) is 4.99 Å². The predicted octanol–water partition coefficient (Wildman–Crippen LogP) is 2.04. The van der Waals surface area contributed by atoms with E-state index < -0.39 is 0 Å². The summed E-state index contributed by atoms with van der Waals surface area (Å²) in [5, 5.41) is 3.28. The van der Waals surface area contributed by atoms with Crippen molar-refractivity contribution in [2.75, 3.05) is 47.4 Å². The number of hydrogen-bond acceptors (Lipinski definition) is 3. The largest absolute Gasteiger partial charge is 0.370 e. The Morgan fingerprint density at radius 2 is 2.12 bits per heavy atom. The van der Waals surface area contributed by atoms with Crippen LogP contribution in [-0.2, 0) is 9.53 Å². The Kier molecular flexibility index (Phi) is 9.20. The Balaban J connectivity index is 0.00000312. The fourth-order valence-electron chi connectivity index (χ4n) is 2.81. The predicted molar refractivity (Wildman–Crippen MR) is 112 cm³/mol. The molecule has 0 saturated carbocycles. The SMILES string of the molecule is CN=C(NCCC(=O)N(C)C)N1CCOC(c2ccccc2C)C1.I. The smallest absolute Gasteiger partial charge is 0.223 e. The van der Waals surface area contributed by atoms with Gasteiger partial charge in [-0.3, -0.25) is 9.79 Å². The number of carbonyl (C=O) groups is 1. The molecule has 1 saturated heterocycles. The molecule has 1 aliphatic heterocycles. The lowest BCUT2D eigenvalue weighted by Gasteiger charge is -2.35. The molecule has 6 nitrogen and oxygen atoms in total. The van der Waals surface area contributed by atoms with E-state index in [1.807, 2.05) is 12.1 Å². The molecule has 1 amide bonds. The average Bonchev–Trinajstić information content (AvgIpc) is 2.59. The highest BCUT2D eigenvalue weighted by atomic mass is 127. The summed E-state index contributed by atoms with van der Waals surface area (Å²) in [7, 11) is 5.31. The van der Waals surface area contributed by atoms with Gasteiger partial charge in [-0.15, -0.1) is 24.0 Å². The Morgan fingerprint density at radius 1 is 1.40 bits per heavy atom. The molecule has 0 aliphatic carbocycles. The summed E-state index contributed by atoms with van der Waals surface area (Å²) in [6.45, 7) is 4.90. The maximum Gasteiger partial charge on any atom is 0.223 e. The first-order chi connectivity index (χ1) is 11.5. The minimum absolute atomic E-state index is 0. The van der Waals surface area contributed by atoms with Crippen molar-refractivity contribution in [1.82, 2.24) is 15.1 Å². The van der Waals surface area contributed by atoms with Gasteiger partial charge >= 0.3 is 0 Å². The summed E-state index contributed by atoms with van der Waals surface area (Å²) in [5.41, 5.74) is 2.46. The molecule has 1 fully saturated rings. The first-order valence-corrected chi connectivity index (χ1v) is 8.35. The standard InChI is InChI=1S/C18H28N4O2.HI/c1-14-7-5-6-8-15(14)16-13-22(11-12-24-16)18(19-2)20-10-9-17(23)21(3)4;/h5-8,16H,9-13H2,1-4H3,(H,19,20);1H. The van der Waals surface area contributed by atoms with Crippen LogP contribution < -0.4 is 5.32 Å². The fourth-order valence-corrected chi connectivity index (χ4v) is 2.81. The third-order valence-corrected chi connectivity index (χ3v) is 4.23. The monoisotopic (exact) mass is 460 g/mol. The first kappa shape index (κ1) is 21.7. The average molecular weight is 460 g/mol. The number of rotatable bonds is 4. The molecule has 1 unspecified atom stereocenters. The zero-order valence-electron chi connectivity index (χ0n) is 15.5. The molecule has 1 N–H and O–H groups in total. The van der Waals surface area contributed by atoms with Crippen LogP contribution in [0.2, 0.25) is 0 Å². The van der Waals surface area contributed by atoms with Crippen LogP contribution in [0.3, 0.4) is 0 Å². The zero-order valence-corrected chi connectivity index (χ0v) is 17.8. The molecule has 1 aromatic rings. The number of halogens is 1. The number of ether oxygens (including phenoxy) is 1. The summed E-state index contributed by atoms with van der Waals surface area (Å²) < 4.78 is 5.96. The van der Waals surface area contributed by atoms with Gasteiger partial charge in [0.1, 0.15) is 6.10 Å². The van der Waals surface area contributed by atoms with Crippen molar-refractivity contribution in [3.05, 3.63) is 35.4 Å². The topological polar surface area (TPSA) is 57.2 Å². The number of guanidine groups is 1. The number of carbonyl (C=O) groups excluding carboxylic acids is 1. The van der Waals surface area contributed by atoms with E-state index in [4.69, 9.17) is 4.74 Å². The number of aryl methyl sites for hydroxylation is 1. The molecule has 1 aliphatic rings. The number of nitrogens with zero attached hydrogens (tertiary/aromatic N) is 3. The highest BCUT2D eigenvalue weighted by molar-refractivity contribution is 14.0. The Labute approximate surface area is 167 Å². The van der Waals surface area contributed by atoms with E-state index in [-0.39, 0.29) is 36.0 Å². The van der Waals surface area contributed by atoms with Gasteiger partial charge in [0.25, 0.3) is 0 Å². The maximum atomic E-state index is 11.7. The summed E-state index contributed by atoms with van der Waals surface area (Å²) in [5.74, 6) is 0.932. The van der Waals surface area contributed by atoms with Crippen LogP contribution in [0.25, 0.3) is 0 Å². The zero-order chi connectivity index (χ0) is 17.5. The van der Waals surface area contributed by atoms with E-state index in [9.17, 15) is 4.79 Å². The van der Waals surface area contributed by atoms with Gasteiger partial charge in [-0.1, -0.05) is 24.3 Å². The molecule has 1 heterocycles. The van der Waals surface area contributed by atoms with Gasteiger partial charge in [0.15, 0.2) is 5.96 Å². The summed E-state index contributed by atoms with van der Waals surface area (Å²) in [6, 6.07) is 8.32.